The number of aromatic nitrogens is 3. The number of thiophene rings is 1. The van der Waals surface area contributed by atoms with Gasteiger partial charge < -0.3 is 0 Å². The standard InChI is InChI=1S/C8H5N3S/c1-2-7-10-9-5-11(7)8-6(1)3-4-12-8/h1-5H. The van der Waals surface area contributed by atoms with Crippen LogP contribution in [0.15, 0.2) is 29.9 Å². The van der Waals surface area contributed by atoms with E-state index in [1.54, 1.807) is 17.7 Å². The van der Waals surface area contributed by atoms with Crippen molar-refractivity contribution >= 4 is 27.2 Å². The molecule has 3 nitrogen and oxygen atoms in total. The summed E-state index contributed by atoms with van der Waals surface area (Å²) in [5.41, 5.74) is 0.907. The van der Waals surface area contributed by atoms with Crippen molar-refractivity contribution < 1.29 is 0 Å². The first-order chi connectivity index (χ1) is 5.95. The van der Waals surface area contributed by atoms with Gasteiger partial charge >= 0.3 is 0 Å². The molecule has 0 aromatic carbocycles. The summed E-state index contributed by atoms with van der Waals surface area (Å²) in [5.74, 6) is 0. The van der Waals surface area contributed by atoms with E-state index in [1.807, 2.05) is 10.5 Å². The van der Waals surface area contributed by atoms with Gasteiger partial charge in [-0.05, 0) is 23.6 Å². The molecule has 0 aliphatic heterocycles. The Balaban J connectivity index is 2.71. The Bertz CT molecular complexity index is 487. The van der Waals surface area contributed by atoms with Crippen molar-refractivity contribution in [2.75, 3.05) is 0 Å². The SMILES string of the molecule is c1cc2ccc3nncn3c2s1. The maximum atomic E-state index is 3.97. The first-order valence-electron chi connectivity index (χ1n) is 3.61. The zero-order chi connectivity index (χ0) is 7.97. The zero-order valence-corrected chi connectivity index (χ0v) is 6.95. The van der Waals surface area contributed by atoms with Crippen molar-refractivity contribution in [3.63, 3.8) is 0 Å². The van der Waals surface area contributed by atoms with Crippen LogP contribution in [0, 0.1) is 0 Å². The quantitative estimate of drug-likeness (QED) is 0.522. The molecule has 0 aliphatic rings. The Morgan fingerprint density at radius 2 is 2.25 bits per heavy atom. The van der Waals surface area contributed by atoms with Crippen LogP contribution in [0.2, 0.25) is 0 Å². The second-order valence-electron chi connectivity index (χ2n) is 2.57. The summed E-state index contributed by atoms with van der Waals surface area (Å²) >= 11 is 1.70. The van der Waals surface area contributed by atoms with Gasteiger partial charge in [0.15, 0.2) is 5.65 Å². The minimum Gasteiger partial charge on any atom is -0.272 e. The number of pyridine rings is 1. The van der Waals surface area contributed by atoms with Crippen molar-refractivity contribution in [2.45, 2.75) is 0 Å². The number of rotatable bonds is 0. The van der Waals surface area contributed by atoms with Gasteiger partial charge in [0, 0.05) is 5.39 Å². The van der Waals surface area contributed by atoms with Gasteiger partial charge in [-0.1, -0.05) is 0 Å². The second kappa shape index (κ2) is 2.04. The fraction of sp³-hybridized carbons (Fsp3) is 0. The summed E-state index contributed by atoms with van der Waals surface area (Å²) < 4.78 is 2.00. The van der Waals surface area contributed by atoms with Crippen molar-refractivity contribution in [2.24, 2.45) is 0 Å². The summed E-state index contributed by atoms with van der Waals surface area (Å²) in [6, 6.07) is 6.14. The van der Waals surface area contributed by atoms with E-state index in [4.69, 9.17) is 0 Å². The topological polar surface area (TPSA) is 30.2 Å². The lowest BCUT2D eigenvalue weighted by atomic mass is 10.3. The van der Waals surface area contributed by atoms with Crippen LogP contribution in [0.4, 0.5) is 0 Å². The van der Waals surface area contributed by atoms with Crippen LogP contribution >= 0.6 is 11.3 Å². The highest BCUT2D eigenvalue weighted by Gasteiger charge is 2.00. The number of hydrogen-bond acceptors (Lipinski definition) is 3. The predicted molar refractivity (Wildman–Crippen MR) is 48.4 cm³/mol. The summed E-state index contributed by atoms with van der Waals surface area (Å²) in [5, 5.41) is 11.1. The molecule has 4 heteroatoms. The molecule has 0 amide bonds. The summed E-state index contributed by atoms with van der Waals surface area (Å²) in [4.78, 5) is 1.21. The highest BCUT2D eigenvalue weighted by molar-refractivity contribution is 7.16. The van der Waals surface area contributed by atoms with Crippen LogP contribution in [0.1, 0.15) is 0 Å². The normalized spacial score (nSPS) is 11.3. The fourth-order valence-electron chi connectivity index (χ4n) is 1.31. The van der Waals surface area contributed by atoms with E-state index >= 15 is 0 Å². The van der Waals surface area contributed by atoms with E-state index in [2.05, 4.69) is 27.7 Å². The number of fused-ring (bicyclic) bond motifs is 3. The van der Waals surface area contributed by atoms with Crippen LogP contribution in [0.25, 0.3) is 15.9 Å². The molecule has 3 heterocycles. The van der Waals surface area contributed by atoms with Gasteiger partial charge in [-0.3, -0.25) is 4.40 Å². The Labute approximate surface area is 72.3 Å². The van der Waals surface area contributed by atoms with Crippen molar-refractivity contribution in [3.05, 3.63) is 29.9 Å². The number of hydrogen-bond donors (Lipinski definition) is 0. The molecule has 0 N–H and O–H groups in total. The van der Waals surface area contributed by atoms with E-state index in [9.17, 15) is 0 Å². The fourth-order valence-corrected chi connectivity index (χ4v) is 2.18. The maximum Gasteiger partial charge on any atom is 0.161 e. The summed E-state index contributed by atoms with van der Waals surface area (Å²) in [7, 11) is 0. The van der Waals surface area contributed by atoms with E-state index in [0.717, 1.165) is 5.65 Å². The predicted octanol–water partition coefficient (Wildman–Crippen LogP) is 1.94. The van der Waals surface area contributed by atoms with Crippen LogP contribution in [0.3, 0.4) is 0 Å². The first-order valence-corrected chi connectivity index (χ1v) is 4.49. The molecule has 0 spiro atoms. The molecule has 3 aromatic heterocycles. The van der Waals surface area contributed by atoms with Crippen molar-refractivity contribution in [1.82, 2.24) is 14.6 Å². The molecule has 0 bridgehead atoms. The molecular weight excluding hydrogens is 170 g/mol. The second-order valence-corrected chi connectivity index (χ2v) is 3.47. The molecule has 0 unspecified atom stereocenters. The minimum atomic E-state index is 0.907. The molecule has 3 aromatic rings. The van der Waals surface area contributed by atoms with Gasteiger partial charge in [-0.2, -0.15) is 0 Å². The molecule has 12 heavy (non-hydrogen) atoms. The van der Waals surface area contributed by atoms with Gasteiger partial charge in [-0.25, -0.2) is 0 Å². The van der Waals surface area contributed by atoms with Crippen molar-refractivity contribution in [3.8, 4) is 0 Å². The van der Waals surface area contributed by atoms with Crippen LogP contribution < -0.4 is 0 Å². The third kappa shape index (κ3) is 0.648. The largest absolute Gasteiger partial charge is 0.272 e. The lowest BCUT2D eigenvalue weighted by Crippen LogP contribution is -1.80. The summed E-state index contributed by atoms with van der Waals surface area (Å²) in [6.45, 7) is 0. The highest BCUT2D eigenvalue weighted by Crippen LogP contribution is 2.20. The van der Waals surface area contributed by atoms with Gasteiger partial charge in [0.2, 0.25) is 0 Å². The molecule has 0 saturated heterocycles. The molecule has 0 aliphatic carbocycles. The van der Waals surface area contributed by atoms with Crippen LogP contribution in [-0.4, -0.2) is 14.6 Å². The average molecular weight is 175 g/mol. The monoisotopic (exact) mass is 175 g/mol. The van der Waals surface area contributed by atoms with Gasteiger partial charge in [0.05, 0.1) is 0 Å². The van der Waals surface area contributed by atoms with Crippen LogP contribution in [0.5, 0.6) is 0 Å². The molecule has 0 fully saturated rings. The summed E-state index contributed by atoms with van der Waals surface area (Å²) in [6.07, 6.45) is 1.74. The van der Waals surface area contributed by atoms with E-state index in [1.165, 1.54) is 10.2 Å². The number of nitrogens with zero attached hydrogens (tertiary/aromatic N) is 3. The molecular formula is C8H5N3S. The Morgan fingerprint density at radius 1 is 1.25 bits per heavy atom. The Hall–Kier alpha value is -1.42. The molecule has 0 radical (unpaired) electrons. The molecule has 58 valence electrons. The van der Waals surface area contributed by atoms with E-state index in [0.29, 0.717) is 0 Å². The van der Waals surface area contributed by atoms with Gasteiger partial charge in [0.1, 0.15) is 11.2 Å². The van der Waals surface area contributed by atoms with Gasteiger partial charge in [-0.15, -0.1) is 21.5 Å². The smallest absolute Gasteiger partial charge is 0.161 e. The van der Waals surface area contributed by atoms with E-state index in [-0.39, 0.29) is 0 Å². The minimum absolute atomic E-state index is 0.907. The third-order valence-corrected chi connectivity index (χ3v) is 2.81. The Kier molecular flexibility index (Phi) is 1.04. The van der Waals surface area contributed by atoms with Crippen LogP contribution in [-0.2, 0) is 0 Å². The lowest BCUT2D eigenvalue weighted by molar-refractivity contribution is 1.11. The molecule has 0 atom stereocenters. The zero-order valence-electron chi connectivity index (χ0n) is 6.14. The van der Waals surface area contributed by atoms with Gasteiger partial charge in [0.25, 0.3) is 0 Å². The van der Waals surface area contributed by atoms with E-state index < -0.39 is 0 Å². The average Bonchev–Trinajstić information content (AvgIpc) is 2.71. The maximum absolute atomic E-state index is 3.97. The Morgan fingerprint density at radius 3 is 3.25 bits per heavy atom. The third-order valence-electron chi connectivity index (χ3n) is 1.88. The first kappa shape index (κ1) is 6.14. The molecule has 0 saturated carbocycles. The molecule has 3 rings (SSSR count). The van der Waals surface area contributed by atoms with Crippen molar-refractivity contribution in [1.29, 1.82) is 0 Å². The highest BCUT2D eigenvalue weighted by atomic mass is 32.1. The lowest BCUT2D eigenvalue weighted by Gasteiger charge is -1.92.